The van der Waals surface area contributed by atoms with E-state index in [0.29, 0.717) is 4.88 Å². The smallest absolute Gasteiger partial charge is 0.383 e. The van der Waals surface area contributed by atoms with Crippen LogP contribution in [0.15, 0.2) is 6.07 Å². The van der Waals surface area contributed by atoms with Crippen molar-refractivity contribution in [3.8, 4) is 0 Å². The normalized spacial score (nSPS) is 18.9. The molecule has 0 saturated carbocycles. The minimum absolute atomic E-state index is 0.129. The number of carbonyl (C=O) groups is 1. The van der Waals surface area contributed by atoms with E-state index in [1.807, 2.05) is 19.9 Å². The second-order valence-electron chi connectivity index (χ2n) is 5.47. The molecule has 1 aromatic rings. The molecule has 1 amide bonds. The Morgan fingerprint density at radius 2 is 1.95 bits per heavy atom. The Hall–Kier alpha value is -1.08. The molecular weight excluding hydrogens is 303 g/mol. The Bertz CT molecular complexity index is 499. The van der Waals surface area contributed by atoms with E-state index in [-0.39, 0.29) is 31.8 Å². The van der Waals surface area contributed by atoms with Gasteiger partial charge in [-0.2, -0.15) is 13.2 Å². The van der Waals surface area contributed by atoms with Gasteiger partial charge in [-0.1, -0.05) is 0 Å². The molecule has 118 valence electrons. The lowest BCUT2D eigenvalue weighted by Gasteiger charge is -2.34. The minimum Gasteiger partial charge on any atom is -0.383 e. The zero-order valence-electron chi connectivity index (χ0n) is 11.9. The summed E-state index contributed by atoms with van der Waals surface area (Å²) in [6.07, 6.45) is -6.52. The van der Waals surface area contributed by atoms with Gasteiger partial charge >= 0.3 is 6.18 Å². The highest BCUT2D eigenvalue weighted by Crippen LogP contribution is 2.32. The predicted molar refractivity (Wildman–Crippen MR) is 74.5 cm³/mol. The van der Waals surface area contributed by atoms with Crippen molar-refractivity contribution in [3.63, 3.8) is 0 Å². The van der Waals surface area contributed by atoms with E-state index in [1.165, 1.54) is 11.3 Å². The minimum atomic E-state index is -4.58. The summed E-state index contributed by atoms with van der Waals surface area (Å²) < 4.78 is 37.4. The summed E-state index contributed by atoms with van der Waals surface area (Å²) in [6.45, 7) is 4.37. The summed E-state index contributed by atoms with van der Waals surface area (Å²) in [7, 11) is 0. The van der Waals surface area contributed by atoms with Crippen LogP contribution in [0.5, 0.6) is 0 Å². The Balaban J connectivity index is 1.96. The van der Waals surface area contributed by atoms with Crippen LogP contribution in [0.3, 0.4) is 0 Å². The average molecular weight is 321 g/mol. The molecule has 2 heterocycles. The van der Waals surface area contributed by atoms with Crippen molar-refractivity contribution in [2.45, 2.75) is 39.0 Å². The second kappa shape index (κ2) is 5.96. The van der Waals surface area contributed by atoms with Crippen LogP contribution in [0.25, 0.3) is 0 Å². The lowest BCUT2D eigenvalue weighted by molar-refractivity contribution is -0.222. The van der Waals surface area contributed by atoms with E-state index >= 15 is 0 Å². The van der Waals surface area contributed by atoms with Crippen molar-refractivity contribution in [2.75, 3.05) is 13.1 Å². The van der Waals surface area contributed by atoms with E-state index in [0.717, 1.165) is 10.4 Å². The molecule has 1 fully saturated rings. The third-order valence-corrected chi connectivity index (χ3v) is 5.13. The Labute approximate surface area is 125 Å². The molecule has 0 radical (unpaired) electrons. The van der Waals surface area contributed by atoms with E-state index in [2.05, 4.69) is 0 Å². The van der Waals surface area contributed by atoms with Gasteiger partial charge in [-0.3, -0.25) is 4.79 Å². The van der Waals surface area contributed by atoms with Crippen molar-refractivity contribution >= 4 is 17.2 Å². The molecule has 1 N–H and O–H groups in total. The Morgan fingerprint density at radius 3 is 2.38 bits per heavy atom. The molecule has 1 aliphatic heterocycles. The molecule has 2 rings (SSSR count). The number of piperidine rings is 1. The van der Waals surface area contributed by atoms with Gasteiger partial charge in [-0.25, -0.2) is 0 Å². The average Bonchev–Trinajstić information content (AvgIpc) is 2.76. The Morgan fingerprint density at radius 1 is 1.38 bits per heavy atom. The van der Waals surface area contributed by atoms with Gasteiger partial charge in [-0.15, -0.1) is 11.3 Å². The van der Waals surface area contributed by atoms with Crippen LogP contribution in [0, 0.1) is 19.8 Å². The maximum atomic E-state index is 12.5. The molecule has 21 heavy (non-hydrogen) atoms. The van der Waals surface area contributed by atoms with Gasteiger partial charge in [0.05, 0.1) is 4.88 Å². The molecule has 0 aromatic carbocycles. The van der Waals surface area contributed by atoms with Gasteiger partial charge in [0.1, 0.15) is 0 Å². The highest BCUT2D eigenvalue weighted by Gasteiger charge is 2.44. The van der Waals surface area contributed by atoms with Crippen LogP contribution < -0.4 is 0 Å². The van der Waals surface area contributed by atoms with Crippen LogP contribution >= 0.6 is 11.3 Å². The van der Waals surface area contributed by atoms with Gasteiger partial charge < -0.3 is 10.0 Å². The van der Waals surface area contributed by atoms with E-state index < -0.39 is 18.2 Å². The number of likely N-dealkylation sites (tertiary alicyclic amines) is 1. The van der Waals surface area contributed by atoms with Gasteiger partial charge in [0.25, 0.3) is 5.91 Å². The number of nitrogens with zero attached hydrogens (tertiary/aromatic N) is 1. The first-order chi connectivity index (χ1) is 9.70. The summed E-state index contributed by atoms with van der Waals surface area (Å²) in [5.41, 5.74) is 1.05. The fourth-order valence-corrected chi connectivity index (χ4v) is 3.52. The molecule has 1 unspecified atom stereocenters. The van der Waals surface area contributed by atoms with Gasteiger partial charge in [-0.05, 0) is 44.2 Å². The molecule has 3 nitrogen and oxygen atoms in total. The van der Waals surface area contributed by atoms with E-state index in [4.69, 9.17) is 0 Å². The van der Waals surface area contributed by atoms with Crippen molar-refractivity contribution < 1.29 is 23.1 Å². The number of aliphatic hydroxyl groups is 1. The summed E-state index contributed by atoms with van der Waals surface area (Å²) in [5, 5.41) is 9.27. The number of aryl methyl sites for hydroxylation is 2. The monoisotopic (exact) mass is 321 g/mol. The molecular formula is C14H18F3NO2S. The lowest BCUT2D eigenvalue weighted by Crippen LogP contribution is -2.45. The summed E-state index contributed by atoms with van der Waals surface area (Å²) >= 11 is 1.41. The van der Waals surface area contributed by atoms with Crippen molar-refractivity contribution in [1.82, 2.24) is 4.90 Å². The van der Waals surface area contributed by atoms with Crippen LogP contribution in [-0.4, -0.2) is 41.3 Å². The molecule has 1 aromatic heterocycles. The van der Waals surface area contributed by atoms with Gasteiger partial charge in [0, 0.05) is 18.0 Å². The van der Waals surface area contributed by atoms with Crippen LogP contribution in [-0.2, 0) is 0 Å². The first-order valence-corrected chi connectivity index (χ1v) is 7.63. The summed E-state index contributed by atoms with van der Waals surface area (Å²) in [6, 6.07) is 1.82. The maximum Gasteiger partial charge on any atom is 0.414 e. The highest BCUT2D eigenvalue weighted by molar-refractivity contribution is 7.14. The number of thiophene rings is 1. The number of aliphatic hydroxyl groups excluding tert-OH is 1. The number of hydrogen-bond acceptors (Lipinski definition) is 3. The SMILES string of the molecule is Cc1cc(C(=O)N2CCC(C(O)C(F)(F)F)CC2)sc1C. The molecule has 7 heteroatoms. The number of hydrogen-bond donors (Lipinski definition) is 1. The highest BCUT2D eigenvalue weighted by atomic mass is 32.1. The second-order valence-corrected chi connectivity index (χ2v) is 6.72. The van der Waals surface area contributed by atoms with Crippen molar-refractivity contribution in [2.24, 2.45) is 5.92 Å². The number of rotatable bonds is 2. The molecule has 0 spiro atoms. The van der Waals surface area contributed by atoms with Crippen LogP contribution in [0.4, 0.5) is 13.2 Å². The van der Waals surface area contributed by atoms with E-state index in [9.17, 15) is 23.1 Å². The topological polar surface area (TPSA) is 40.5 Å². The number of halogens is 3. The summed E-state index contributed by atoms with van der Waals surface area (Å²) in [5.74, 6) is -0.947. The Kier molecular flexibility index (Phi) is 4.63. The zero-order chi connectivity index (χ0) is 15.8. The number of amides is 1. The lowest BCUT2D eigenvalue weighted by atomic mass is 9.91. The zero-order valence-corrected chi connectivity index (χ0v) is 12.7. The van der Waals surface area contributed by atoms with Crippen molar-refractivity contribution in [1.29, 1.82) is 0 Å². The predicted octanol–water partition coefficient (Wildman–Crippen LogP) is 3.14. The van der Waals surface area contributed by atoms with Crippen LogP contribution in [0.2, 0.25) is 0 Å². The fraction of sp³-hybridized carbons (Fsp3) is 0.643. The van der Waals surface area contributed by atoms with Crippen molar-refractivity contribution in [3.05, 3.63) is 21.4 Å². The third kappa shape index (κ3) is 3.58. The number of alkyl halides is 3. The molecule has 1 atom stereocenters. The molecule has 1 aliphatic rings. The van der Waals surface area contributed by atoms with Gasteiger partial charge in [0.2, 0.25) is 0 Å². The third-order valence-electron chi connectivity index (χ3n) is 3.99. The first-order valence-electron chi connectivity index (χ1n) is 6.81. The van der Waals surface area contributed by atoms with E-state index in [1.54, 1.807) is 4.90 Å². The fourth-order valence-electron chi connectivity index (χ4n) is 2.52. The van der Waals surface area contributed by atoms with Crippen LogP contribution in [0.1, 0.15) is 33.0 Å². The number of carbonyl (C=O) groups excluding carboxylic acids is 1. The standard InChI is InChI=1S/C14H18F3NO2S/c1-8-7-11(21-9(8)2)13(20)18-5-3-10(4-6-18)12(19)14(15,16)17/h7,10,12,19H,3-6H2,1-2H3. The maximum absolute atomic E-state index is 12.5. The summed E-state index contributed by atoms with van der Waals surface area (Å²) in [4.78, 5) is 15.6. The molecule has 0 bridgehead atoms. The first kappa shape index (κ1) is 16.3. The molecule has 0 aliphatic carbocycles. The quantitative estimate of drug-likeness (QED) is 0.909. The molecule has 1 saturated heterocycles. The van der Waals surface area contributed by atoms with Gasteiger partial charge in [0.15, 0.2) is 6.10 Å². The largest absolute Gasteiger partial charge is 0.414 e.